The maximum Gasteiger partial charge on any atom is 0.160 e. The molecule has 0 radical (unpaired) electrons. The number of hydrogen-bond donors (Lipinski definition) is 0. The first kappa shape index (κ1) is 7.90. The molecule has 0 bridgehead atoms. The number of rotatable bonds is 2. The van der Waals surface area contributed by atoms with Crippen LogP contribution in [0.4, 0.5) is 0 Å². The van der Waals surface area contributed by atoms with Crippen molar-refractivity contribution in [1.29, 1.82) is 5.26 Å². The second-order valence-corrected chi connectivity index (χ2v) is 1.78. The van der Waals surface area contributed by atoms with Crippen molar-refractivity contribution >= 4 is 6.29 Å². The predicted molar refractivity (Wildman–Crippen MR) is 34.7 cm³/mol. The third-order valence-corrected chi connectivity index (χ3v) is 1.23. The smallest absolute Gasteiger partial charge is 0.160 e. The Hall–Kier alpha value is -1.10. The van der Waals surface area contributed by atoms with Crippen LogP contribution in [0.5, 0.6) is 0 Å². The van der Waals surface area contributed by atoms with Crippen LogP contribution in [0.15, 0.2) is 11.1 Å². The van der Waals surface area contributed by atoms with Gasteiger partial charge < -0.3 is 0 Å². The molecule has 2 nitrogen and oxygen atoms in total. The molecular formula is C7H9NO. The Morgan fingerprint density at radius 1 is 1.78 bits per heavy atom. The lowest BCUT2D eigenvalue weighted by Crippen LogP contribution is -1.84. The van der Waals surface area contributed by atoms with Gasteiger partial charge in [-0.2, -0.15) is 5.26 Å². The highest BCUT2D eigenvalue weighted by molar-refractivity contribution is 5.80. The fourth-order valence-electron chi connectivity index (χ4n) is 0.413. The highest BCUT2D eigenvalue weighted by atomic mass is 16.1. The summed E-state index contributed by atoms with van der Waals surface area (Å²) in [6.07, 6.45) is 1.36. The van der Waals surface area contributed by atoms with Gasteiger partial charge in [-0.25, -0.2) is 0 Å². The van der Waals surface area contributed by atoms with Crippen LogP contribution in [0.1, 0.15) is 20.3 Å². The summed E-state index contributed by atoms with van der Waals surface area (Å²) < 4.78 is 0. The molecule has 9 heavy (non-hydrogen) atoms. The van der Waals surface area contributed by atoms with Crippen LogP contribution >= 0.6 is 0 Å². The molecule has 0 unspecified atom stereocenters. The lowest BCUT2D eigenvalue weighted by molar-refractivity contribution is -0.104. The molecule has 0 aliphatic heterocycles. The second kappa shape index (κ2) is 3.85. The Morgan fingerprint density at radius 3 is 2.44 bits per heavy atom. The van der Waals surface area contributed by atoms with Crippen molar-refractivity contribution in [2.45, 2.75) is 20.3 Å². The summed E-state index contributed by atoms with van der Waals surface area (Å²) in [5.41, 5.74) is 1.12. The standard InChI is InChI=1S/C7H9NO/c1-3-6(2)7(4-8)5-9/h5H,3H2,1-2H3/b7-6+. The average molecular weight is 123 g/mol. The number of aldehydes is 1. The Balaban J connectivity index is 4.43. The zero-order chi connectivity index (χ0) is 7.28. The van der Waals surface area contributed by atoms with Gasteiger partial charge in [-0.3, -0.25) is 4.79 Å². The SMILES string of the molecule is CC/C(C)=C(\C#N)C=O. The normalized spacial score (nSPS) is 11.7. The highest BCUT2D eigenvalue weighted by Gasteiger charge is 1.95. The van der Waals surface area contributed by atoms with Crippen LogP contribution in [0, 0.1) is 11.3 Å². The van der Waals surface area contributed by atoms with Gasteiger partial charge in [0, 0.05) is 0 Å². The van der Waals surface area contributed by atoms with Crippen molar-refractivity contribution in [3.8, 4) is 6.07 Å². The molecule has 48 valence electrons. The summed E-state index contributed by atoms with van der Waals surface area (Å²) in [6, 6.07) is 1.81. The maximum atomic E-state index is 10.1. The lowest BCUT2D eigenvalue weighted by atomic mass is 10.1. The summed E-state index contributed by atoms with van der Waals surface area (Å²) in [7, 11) is 0. The topological polar surface area (TPSA) is 40.9 Å². The van der Waals surface area contributed by atoms with Crippen LogP contribution in [-0.4, -0.2) is 6.29 Å². The van der Waals surface area contributed by atoms with Crippen LogP contribution < -0.4 is 0 Å². The summed E-state index contributed by atoms with van der Waals surface area (Å²) in [6.45, 7) is 3.70. The summed E-state index contributed by atoms with van der Waals surface area (Å²) >= 11 is 0. The summed E-state index contributed by atoms with van der Waals surface area (Å²) in [5.74, 6) is 0. The van der Waals surface area contributed by atoms with Gasteiger partial charge in [0.05, 0.1) is 5.57 Å². The fourth-order valence-corrected chi connectivity index (χ4v) is 0.413. The molecule has 0 N–H and O–H groups in total. The molecule has 0 heterocycles. The molecule has 2 heteroatoms. The quantitative estimate of drug-likeness (QED) is 0.316. The molecular weight excluding hydrogens is 114 g/mol. The first-order valence-corrected chi connectivity index (χ1v) is 2.81. The van der Waals surface area contributed by atoms with Gasteiger partial charge in [-0.15, -0.1) is 0 Å². The highest BCUT2D eigenvalue weighted by Crippen LogP contribution is 2.03. The Kier molecular flexibility index (Phi) is 3.38. The molecule has 0 saturated carbocycles. The molecule has 0 amide bonds. The number of allylic oxidation sites excluding steroid dienone is 2. The van der Waals surface area contributed by atoms with Gasteiger partial charge >= 0.3 is 0 Å². The van der Waals surface area contributed by atoms with E-state index in [4.69, 9.17) is 5.26 Å². The van der Waals surface area contributed by atoms with E-state index in [9.17, 15) is 4.79 Å². The third kappa shape index (κ3) is 2.09. The molecule has 0 aromatic heterocycles. The lowest BCUT2D eigenvalue weighted by Gasteiger charge is -1.91. The van der Waals surface area contributed by atoms with E-state index in [0.29, 0.717) is 6.29 Å². The van der Waals surface area contributed by atoms with Crippen LogP contribution in [0.25, 0.3) is 0 Å². The van der Waals surface area contributed by atoms with Gasteiger partial charge in [0.1, 0.15) is 6.07 Å². The predicted octanol–water partition coefficient (Wildman–Crippen LogP) is 1.44. The molecule has 0 saturated heterocycles. The zero-order valence-electron chi connectivity index (χ0n) is 5.64. The first-order valence-electron chi connectivity index (χ1n) is 2.81. The van der Waals surface area contributed by atoms with Crippen molar-refractivity contribution in [3.05, 3.63) is 11.1 Å². The molecule has 0 aliphatic rings. The van der Waals surface area contributed by atoms with E-state index in [1.165, 1.54) is 0 Å². The van der Waals surface area contributed by atoms with Crippen LogP contribution in [-0.2, 0) is 4.79 Å². The number of carbonyl (C=O) groups excluding carboxylic acids is 1. The van der Waals surface area contributed by atoms with Gasteiger partial charge in [-0.1, -0.05) is 12.5 Å². The first-order chi connectivity index (χ1) is 4.26. The van der Waals surface area contributed by atoms with Crippen molar-refractivity contribution in [2.24, 2.45) is 0 Å². The number of nitriles is 1. The van der Waals surface area contributed by atoms with E-state index < -0.39 is 0 Å². The van der Waals surface area contributed by atoms with Crippen molar-refractivity contribution in [3.63, 3.8) is 0 Å². The second-order valence-electron chi connectivity index (χ2n) is 1.78. The number of hydrogen-bond acceptors (Lipinski definition) is 2. The van der Waals surface area contributed by atoms with E-state index in [-0.39, 0.29) is 5.57 Å². The van der Waals surface area contributed by atoms with Gasteiger partial charge in [0.15, 0.2) is 6.29 Å². The molecule has 0 rings (SSSR count). The van der Waals surface area contributed by atoms with Crippen molar-refractivity contribution in [2.75, 3.05) is 0 Å². The minimum Gasteiger partial charge on any atom is -0.297 e. The van der Waals surface area contributed by atoms with Crippen molar-refractivity contribution in [1.82, 2.24) is 0 Å². The minimum absolute atomic E-state index is 0.262. The van der Waals surface area contributed by atoms with E-state index in [1.807, 2.05) is 13.0 Å². The van der Waals surface area contributed by atoms with E-state index in [1.54, 1.807) is 6.92 Å². The van der Waals surface area contributed by atoms with E-state index >= 15 is 0 Å². The Labute approximate surface area is 54.8 Å². The number of nitrogens with zero attached hydrogens (tertiary/aromatic N) is 1. The molecule has 0 aliphatic carbocycles. The molecule has 0 atom stereocenters. The summed E-state index contributed by atoms with van der Waals surface area (Å²) in [5, 5.41) is 8.29. The van der Waals surface area contributed by atoms with Gasteiger partial charge in [0.2, 0.25) is 0 Å². The monoisotopic (exact) mass is 123 g/mol. The van der Waals surface area contributed by atoms with E-state index in [0.717, 1.165) is 12.0 Å². The minimum atomic E-state index is 0.262. The molecule has 0 spiro atoms. The largest absolute Gasteiger partial charge is 0.297 e. The fraction of sp³-hybridized carbons (Fsp3) is 0.429. The molecule has 0 aromatic carbocycles. The van der Waals surface area contributed by atoms with Crippen LogP contribution in [0.2, 0.25) is 0 Å². The Bertz CT molecular complexity index is 174. The van der Waals surface area contributed by atoms with Gasteiger partial charge in [0.25, 0.3) is 0 Å². The Morgan fingerprint density at radius 2 is 2.33 bits per heavy atom. The van der Waals surface area contributed by atoms with E-state index in [2.05, 4.69) is 0 Å². The van der Waals surface area contributed by atoms with Crippen molar-refractivity contribution < 1.29 is 4.79 Å². The third-order valence-electron chi connectivity index (χ3n) is 1.23. The maximum absolute atomic E-state index is 10.1. The molecule has 0 aromatic rings. The summed E-state index contributed by atoms with van der Waals surface area (Å²) in [4.78, 5) is 10.1. The molecule has 0 fully saturated rings. The number of carbonyl (C=O) groups is 1. The average Bonchev–Trinajstić information content (AvgIpc) is 1.90. The van der Waals surface area contributed by atoms with Gasteiger partial charge in [-0.05, 0) is 13.3 Å². The zero-order valence-corrected chi connectivity index (χ0v) is 5.64. The van der Waals surface area contributed by atoms with Crippen LogP contribution in [0.3, 0.4) is 0 Å².